The van der Waals surface area contributed by atoms with Crippen LogP contribution in [0.25, 0.3) is 98.4 Å². The monoisotopic (exact) mass is 1090 g/mol. The molecule has 11 aromatic carbocycles. The summed E-state index contributed by atoms with van der Waals surface area (Å²) in [6.07, 6.45) is 0. The Hall–Kier alpha value is -9.38. The van der Waals surface area contributed by atoms with Gasteiger partial charge in [-0.3, -0.25) is 0 Å². The van der Waals surface area contributed by atoms with Crippen molar-refractivity contribution in [2.24, 2.45) is 0 Å². The second-order valence-corrected chi connectivity index (χ2v) is 26.2. The van der Waals surface area contributed by atoms with E-state index in [0.717, 1.165) is 34.1 Å². The maximum absolute atomic E-state index is 2.57. The first-order chi connectivity index (χ1) is 40.6. The molecule has 0 saturated carbocycles. The van der Waals surface area contributed by atoms with Crippen LogP contribution in [0.2, 0.25) is 0 Å². The van der Waals surface area contributed by atoms with Crippen molar-refractivity contribution in [3.8, 4) is 22.3 Å². The van der Waals surface area contributed by atoms with Crippen molar-refractivity contribution in [3.05, 3.63) is 253 Å². The van der Waals surface area contributed by atoms with E-state index in [0.29, 0.717) is 11.8 Å². The van der Waals surface area contributed by atoms with Gasteiger partial charge in [0.2, 0.25) is 0 Å². The molecule has 0 fully saturated rings. The number of hydrogen-bond acceptors (Lipinski definition) is 2. The first-order valence-electron chi connectivity index (χ1n) is 30.1. The topological polar surface area (TPSA) is 15.3 Å². The lowest BCUT2D eigenvalue weighted by atomic mass is 9.84. The van der Waals surface area contributed by atoms with Crippen LogP contribution in [0.3, 0.4) is 0 Å². The SMILES string of the molecule is CC(C)c1cccc(-c2cc(C(C)(C)C)ccc2N(c2ccccc2)c2ccc3c4cc5c(cc4n4c6ccccc6c2c34)c2ccc(N(c3ccccc3)c3ccc(C(C)(C)C)cc3-c3cccc(C(C)C)c3)c3c4ccccc4n5c23)c1. The molecule has 4 heteroatoms. The van der Waals surface area contributed by atoms with Gasteiger partial charge in [-0.25, -0.2) is 0 Å². The van der Waals surface area contributed by atoms with Crippen molar-refractivity contribution in [3.63, 3.8) is 0 Å². The molecule has 0 bridgehead atoms. The highest BCUT2D eigenvalue weighted by Crippen LogP contribution is 2.53. The summed E-state index contributed by atoms with van der Waals surface area (Å²) in [7, 11) is 0. The van der Waals surface area contributed by atoms with Crippen molar-refractivity contribution in [1.82, 2.24) is 8.80 Å². The number of benzene rings is 11. The number of anilines is 6. The Morgan fingerprint density at radius 2 is 0.690 bits per heavy atom. The van der Waals surface area contributed by atoms with E-state index in [4.69, 9.17) is 0 Å². The molecule has 0 aliphatic carbocycles. The second kappa shape index (κ2) is 19.1. The second-order valence-electron chi connectivity index (χ2n) is 26.2. The van der Waals surface area contributed by atoms with Crippen LogP contribution in [0.1, 0.15) is 103 Å². The average Bonchev–Trinajstić information content (AvgIpc) is 2.34. The van der Waals surface area contributed by atoms with E-state index < -0.39 is 0 Å². The van der Waals surface area contributed by atoms with Crippen molar-refractivity contribution in [2.45, 2.75) is 91.9 Å². The first-order valence-corrected chi connectivity index (χ1v) is 30.1. The molecule has 0 aliphatic heterocycles. The van der Waals surface area contributed by atoms with Crippen LogP contribution in [0.4, 0.5) is 34.1 Å². The lowest BCUT2D eigenvalue weighted by Crippen LogP contribution is -2.15. The zero-order valence-electron chi connectivity index (χ0n) is 49.9. The molecule has 15 rings (SSSR count). The molecule has 0 amide bonds. The normalized spacial score (nSPS) is 12.6. The largest absolute Gasteiger partial charge is 0.309 e. The van der Waals surface area contributed by atoms with Gasteiger partial charge in [-0.05, 0) is 141 Å². The molecular formula is C80H70N4. The minimum absolute atomic E-state index is 0.0404. The molecule has 0 N–H and O–H groups in total. The van der Waals surface area contributed by atoms with E-state index in [-0.39, 0.29) is 10.8 Å². The third kappa shape index (κ3) is 7.94. The Balaban J connectivity index is 0.992. The fourth-order valence-corrected chi connectivity index (χ4v) is 13.8. The molecule has 0 unspecified atom stereocenters. The number of para-hydroxylation sites is 4. The molecule has 410 valence electrons. The summed E-state index contributed by atoms with van der Waals surface area (Å²) >= 11 is 0. The number of hydrogen-bond donors (Lipinski definition) is 0. The smallest absolute Gasteiger partial charge is 0.0641 e. The summed E-state index contributed by atoms with van der Waals surface area (Å²) in [5.41, 5.74) is 24.3. The summed E-state index contributed by atoms with van der Waals surface area (Å²) in [5.74, 6) is 0.805. The van der Waals surface area contributed by atoms with Gasteiger partial charge < -0.3 is 18.6 Å². The highest BCUT2D eigenvalue weighted by Gasteiger charge is 2.31. The summed E-state index contributed by atoms with van der Waals surface area (Å²) in [5, 5.41) is 9.95. The number of nitrogens with zero attached hydrogens (tertiary/aromatic N) is 4. The third-order valence-corrected chi connectivity index (χ3v) is 18.2. The first kappa shape index (κ1) is 51.5. The van der Waals surface area contributed by atoms with Gasteiger partial charge in [-0.1, -0.05) is 215 Å². The summed E-state index contributed by atoms with van der Waals surface area (Å²) in [4.78, 5) is 5.06. The van der Waals surface area contributed by atoms with E-state index >= 15 is 0 Å². The lowest BCUT2D eigenvalue weighted by Gasteiger charge is -2.30. The van der Waals surface area contributed by atoms with Crippen molar-refractivity contribution < 1.29 is 0 Å². The fourth-order valence-electron chi connectivity index (χ4n) is 13.8. The highest BCUT2D eigenvalue weighted by molar-refractivity contribution is 6.32. The number of fused-ring (bicyclic) bond motifs is 12. The van der Waals surface area contributed by atoms with Gasteiger partial charge in [-0.15, -0.1) is 0 Å². The highest BCUT2D eigenvalue weighted by atomic mass is 15.2. The molecule has 4 nitrogen and oxygen atoms in total. The van der Waals surface area contributed by atoms with Gasteiger partial charge in [0.05, 0.1) is 55.8 Å². The molecule has 0 atom stereocenters. The Morgan fingerprint density at radius 3 is 1.08 bits per heavy atom. The summed E-state index contributed by atoms with van der Waals surface area (Å²) in [6, 6.07) is 87.5. The van der Waals surface area contributed by atoms with Crippen molar-refractivity contribution >= 4 is 110 Å². The quantitative estimate of drug-likeness (QED) is 0.136. The molecule has 0 saturated heterocycles. The van der Waals surface area contributed by atoms with Crippen LogP contribution < -0.4 is 9.80 Å². The molecular weight excluding hydrogens is 1020 g/mol. The molecule has 15 aromatic rings. The van der Waals surface area contributed by atoms with Gasteiger partial charge in [0, 0.05) is 65.6 Å². The minimum atomic E-state index is -0.0404. The van der Waals surface area contributed by atoms with Crippen LogP contribution in [0, 0.1) is 0 Å². The van der Waals surface area contributed by atoms with Crippen molar-refractivity contribution in [1.29, 1.82) is 0 Å². The van der Waals surface area contributed by atoms with Crippen LogP contribution in [-0.2, 0) is 10.8 Å². The Kier molecular flexibility index (Phi) is 11.7. The molecule has 4 heterocycles. The van der Waals surface area contributed by atoms with Crippen molar-refractivity contribution in [2.75, 3.05) is 9.80 Å². The van der Waals surface area contributed by atoms with Gasteiger partial charge in [-0.2, -0.15) is 0 Å². The van der Waals surface area contributed by atoms with Crippen LogP contribution in [0.15, 0.2) is 231 Å². The van der Waals surface area contributed by atoms with Gasteiger partial charge >= 0.3 is 0 Å². The van der Waals surface area contributed by atoms with Crippen LogP contribution in [0.5, 0.6) is 0 Å². The Morgan fingerprint density at radius 1 is 0.310 bits per heavy atom. The number of rotatable bonds is 10. The molecule has 4 aromatic heterocycles. The van der Waals surface area contributed by atoms with Crippen LogP contribution in [-0.4, -0.2) is 8.80 Å². The molecule has 0 radical (unpaired) electrons. The van der Waals surface area contributed by atoms with Crippen LogP contribution >= 0.6 is 0 Å². The van der Waals surface area contributed by atoms with Gasteiger partial charge in [0.1, 0.15) is 0 Å². The summed E-state index contributed by atoms with van der Waals surface area (Å²) in [6.45, 7) is 23.1. The van der Waals surface area contributed by atoms with E-state index in [2.05, 4.69) is 318 Å². The Bertz CT molecular complexity index is 4720. The van der Waals surface area contributed by atoms with Gasteiger partial charge in [0.25, 0.3) is 0 Å². The molecule has 84 heavy (non-hydrogen) atoms. The predicted molar refractivity (Wildman–Crippen MR) is 362 cm³/mol. The fraction of sp³-hybridized carbons (Fsp3) is 0.175. The number of aromatic nitrogens is 2. The Labute approximate surface area is 493 Å². The van der Waals surface area contributed by atoms with Gasteiger partial charge in [0.15, 0.2) is 0 Å². The van der Waals surface area contributed by atoms with E-state index in [9.17, 15) is 0 Å². The zero-order chi connectivity index (χ0) is 57.5. The van der Waals surface area contributed by atoms with E-state index in [1.165, 1.54) is 121 Å². The minimum Gasteiger partial charge on any atom is -0.309 e. The predicted octanol–water partition coefficient (Wildman–Crippen LogP) is 23.1. The lowest BCUT2D eigenvalue weighted by molar-refractivity contribution is 0.590. The third-order valence-electron chi connectivity index (χ3n) is 18.2. The maximum atomic E-state index is 2.57. The zero-order valence-corrected chi connectivity index (χ0v) is 49.9. The average molecular weight is 1090 g/mol. The van der Waals surface area contributed by atoms with E-state index in [1.807, 2.05) is 0 Å². The maximum Gasteiger partial charge on any atom is 0.0641 e. The summed E-state index contributed by atoms with van der Waals surface area (Å²) < 4.78 is 5.15. The molecule has 0 aliphatic rings. The molecule has 0 spiro atoms. The standard InChI is InChI=1S/C80H70N4/c1-49(2)51-23-21-25-53(43-51)63-45-55(79(5,6)7)35-39-69(63)81(57-27-13-11-14-28-57)71-41-37-59-65-47-74-66(48-73(65)83-67-33-19-17-31-61(67)75(71)77(59)83)60-38-42-72(76-62-32-18-20-34-68(62)84(74)78(60)76)82(58-29-15-12-16-30-58)70-40-36-56(80(8,9)10)46-64(70)54-26-22-24-52(44-54)50(3)4/h11-50H,1-10H3. The van der Waals surface area contributed by atoms with E-state index in [1.54, 1.807) is 0 Å².